The molecule has 2 aromatic carbocycles. The summed E-state index contributed by atoms with van der Waals surface area (Å²) < 4.78 is 0. The zero-order chi connectivity index (χ0) is 15.6. The number of benzene rings is 2. The van der Waals surface area contributed by atoms with Gasteiger partial charge in [0, 0.05) is 18.2 Å². The second-order valence-electron chi connectivity index (χ2n) is 6.69. The summed E-state index contributed by atoms with van der Waals surface area (Å²) in [6.45, 7) is 0.845. The molecule has 0 aliphatic heterocycles. The number of hydrogen-bond donors (Lipinski definition) is 1. The monoisotopic (exact) mass is 306 g/mol. The number of rotatable bonds is 4. The fourth-order valence-electron chi connectivity index (χ4n) is 4.36. The lowest BCUT2D eigenvalue weighted by Gasteiger charge is -2.36. The summed E-state index contributed by atoms with van der Waals surface area (Å²) in [5, 5.41) is 13.3. The van der Waals surface area contributed by atoms with Gasteiger partial charge in [0.05, 0.1) is 11.8 Å². The third-order valence-corrected chi connectivity index (χ3v) is 5.38. The van der Waals surface area contributed by atoms with Crippen LogP contribution in [0.25, 0.3) is 0 Å². The minimum atomic E-state index is 0.223. The van der Waals surface area contributed by atoms with Gasteiger partial charge in [0.2, 0.25) is 0 Å². The molecule has 3 heteroatoms. The van der Waals surface area contributed by atoms with Crippen LogP contribution >= 0.6 is 0 Å². The van der Waals surface area contributed by atoms with E-state index in [4.69, 9.17) is 0 Å². The Balaban J connectivity index is 1.71. The second-order valence-corrected chi connectivity index (χ2v) is 6.69. The lowest BCUT2D eigenvalue weighted by atomic mass is 9.91. The van der Waals surface area contributed by atoms with E-state index in [9.17, 15) is 5.21 Å². The molecular formula is C20H22N2O. The summed E-state index contributed by atoms with van der Waals surface area (Å²) in [7, 11) is 0. The SMILES string of the molecule is O/N=C1/[C@H]2CC[C@@H](C2)[C@H]1N(Cc1ccccc1)c1ccccc1. The van der Waals surface area contributed by atoms with E-state index in [-0.39, 0.29) is 6.04 Å². The topological polar surface area (TPSA) is 35.8 Å². The van der Waals surface area contributed by atoms with Crippen LogP contribution in [0.2, 0.25) is 0 Å². The van der Waals surface area contributed by atoms with E-state index in [2.05, 4.69) is 64.7 Å². The maximum absolute atomic E-state index is 9.58. The van der Waals surface area contributed by atoms with E-state index in [0.717, 1.165) is 12.3 Å². The third-order valence-electron chi connectivity index (χ3n) is 5.38. The van der Waals surface area contributed by atoms with Crippen molar-refractivity contribution in [1.82, 2.24) is 0 Å². The van der Waals surface area contributed by atoms with Gasteiger partial charge in [-0.1, -0.05) is 53.7 Å². The van der Waals surface area contributed by atoms with Crippen LogP contribution in [0.3, 0.4) is 0 Å². The summed E-state index contributed by atoms with van der Waals surface area (Å²) in [5.41, 5.74) is 3.48. The Bertz CT molecular complexity index is 683. The minimum absolute atomic E-state index is 0.223. The van der Waals surface area contributed by atoms with Crippen molar-refractivity contribution in [2.24, 2.45) is 17.0 Å². The summed E-state index contributed by atoms with van der Waals surface area (Å²) in [6.07, 6.45) is 3.59. The number of para-hydroxylation sites is 1. The summed E-state index contributed by atoms with van der Waals surface area (Å²) in [6, 6.07) is 21.3. The van der Waals surface area contributed by atoms with Crippen molar-refractivity contribution in [3.05, 3.63) is 66.2 Å². The number of nitrogens with zero attached hydrogens (tertiary/aromatic N) is 2. The Morgan fingerprint density at radius 3 is 2.35 bits per heavy atom. The van der Waals surface area contributed by atoms with Crippen LogP contribution in [0.1, 0.15) is 24.8 Å². The van der Waals surface area contributed by atoms with Gasteiger partial charge in [0.25, 0.3) is 0 Å². The highest BCUT2D eigenvalue weighted by Crippen LogP contribution is 2.46. The molecule has 2 bridgehead atoms. The van der Waals surface area contributed by atoms with Crippen LogP contribution in [0.4, 0.5) is 5.69 Å². The lowest BCUT2D eigenvalue weighted by Crippen LogP contribution is -2.44. The van der Waals surface area contributed by atoms with Crippen molar-refractivity contribution >= 4 is 11.4 Å². The molecule has 1 N–H and O–H groups in total. The first-order valence-electron chi connectivity index (χ1n) is 8.44. The Labute approximate surface area is 137 Å². The Kier molecular flexibility index (Phi) is 3.78. The molecule has 0 heterocycles. The second kappa shape index (κ2) is 6.07. The molecule has 0 radical (unpaired) electrons. The normalized spacial score (nSPS) is 27.5. The molecule has 2 aromatic rings. The van der Waals surface area contributed by atoms with E-state index < -0.39 is 0 Å². The predicted octanol–water partition coefficient (Wildman–Crippen LogP) is 4.32. The molecular weight excluding hydrogens is 284 g/mol. The van der Waals surface area contributed by atoms with E-state index in [0.29, 0.717) is 11.8 Å². The molecule has 0 saturated heterocycles. The van der Waals surface area contributed by atoms with Gasteiger partial charge < -0.3 is 10.1 Å². The zero-order valence-corrected chi connectivity index (χ0v) is 13.2. The molecule has 0 aromatic heterocycles. The lowest BCUT2D eigenvalue weighted by molar-refractivity contribution is 0.311. The van der Waals surface area contributed by atoms with Crippen LogP contribution in [0.5, 0.6) is 0 Å². The highest BCUT2D eigenvalue weighted by Gasteiger charge is 2.48. The van der Waals surface area contributed by atoms with Crippen molar-refractivity contribution in [3.8, 4) is 0 Å². The first kappa shape index (κ1) is 14.3. The predicted molar refractivity (Wildman–Crippen MR) is 92.9 cm³/mol. The van der Waals surface area contributed by atoms with Crippen LogP contribution in [0.15, 0.2) is 65.8 Å². The van der Waals surface area contributed by atoms with Crippen molar-refractivity contribution in [1.29, 1.82) is 0 Å². The maximum atomic E-state index is 9.58. The summed E-state index contributed by atoms with van der Waals surface area (Å²) >= 11 is 0. The van der Waals surface area contributed by atoms with Crippen LogP contribution in [-0.2, 0) is 6.54 Å². The average molecular weight is 306 g/mol. The first-order chi connectivity index (χ1) is 11.4. The van der Waals surface area contributed by atoms with Crippen molar-refractivity contribution < 1.29 is 5.21 Å². The molecule has 3 nitrogen and oxygen atoms in total. The number of oxime groups is 1. The quantitative estimate of drug-likeness (QED) is 0.674. The Hall–Kier alpha value is -2.29. The van der Waals surface area contributed by atoms with Gasteiger partial charge in [-0.05, 0) is 42.9 Å². The van der Waals surface area contributed by atoms with Crippen LogP contribution < -0.4 is 4.90 Å². The van der Waals surface area contributed by atoms with E-state index in [1.54, 1.807) is 0 Å². The van der Waals surface area contributed by atoms with E-state index >= 15 is 0 Å². The number of hydrogen-bond acceptors (Lipinski definition) is 3. The smallest absolute Gasteiger partial charge is 0.0828 e. The van der Waals surface area contributed by atoms with Crippen molar-refractivity contribution in [3.63, 3.8) is 0 Å². The molecule has 2 aliphatic rings. The fourth-order valence-corrected chi connectivity index (χ4v) is 4.36. The zero-order valence-electron chi connectivity index (χ0n) is 13.2. The molecule has 118 valence electrons. The number of anilines is 1. The number of fused-ring (bicyclic) bond motifs is 2. The molecule has 2 saturated carbocycles. The Morgan fingerprint density at radius 2 is 1.65 bits per heavy atom. The molecule has 3 atom stereocenters. The molecule has 0 spiro atoms. The first-order valence-corrected chi connectivity index (χ1v) is 8.44. The van der Waals surface area contributed by atoms with E-state index in [1.165, 1.54) is 30.5 Å². The maximum Gasteiger partial charge on any atom is 0.0828 e. The summed E-state index contributed by atoms with van der Waals surface area (Å²) in [5.74, 6) is 1.08. The molecule has 0 unspecified atom stereocenters. The largest absolute Gasteiger partial charge is 0.411 e. The van der Waals surface area contributed by atoms with Gasteiger partial charge in [-0.3, -0.25) is 0 Å². The van der Waals surface area contributed by atoms with Gasteiger partial charge in [-0.15, -0.1) is 0 Å². The molecule has 0 amide bonds. The molecule has 2 aliphatic carbocycles. The van der Waals surface area contributed by atoms with Crippen LogP contribution in [0, 0.1) is 11.8 Å². The summed E-state index contributed by atoms with van der Waals surface area (Å²) in [4.78, 5) is 2.42. The standard InChI is InChI=1S/C20H22N2O/c23-21-19-16-11-12-17(13-16)20(19)22(18-9-5-2-6-10-18)14-15-7-3-1-4-8-15/h1-10,16-17,20,23H,11-14H2/b21-19-/t16-,17-,20+/m0/s1. The average Bonchev–Trinajstić information content (AvgIpc) is 3.22. The minimum Gasteiger partial charge on any atom is -0.411 e. The highest BCUT2D eigenvalue weighted by atomic mass is 16.4. The molecule has 2 fully saturated rings. The van der Waals surface area contributed by atoms with Gasteiger partial charge in [0.15, 0.2) is 0 Å². The van der Waals surface area contributed by atoms with Gasteiger partial charge >= 0.3 is 0 Å². The molecule has 4 rings (SSSR count). The van der Waals surface area contributed by atoms with Gasteiger partial charge in [0.1, 0.15) is 0 Å². The van der Waals surface area contributed by atoms with Gasteiger partial charge in [-0.25, -0.2) is 0 Å². The molecule has 23 heavy (non-hydrogen) atoms. The van der Waals surface area contributed by atoms with Crippen molar-refractivity contribution in [2.45, 2.75) is 31.8 Å². The van der Waals surface area contributed by atoms with Crippen molar-refractivity contribution in [2.75, 3.05) is 4.90 Å². The van der Waals surface area contributed by atoms with E-state index in [1.807, 2.05) is 6.07 Å². The highest BCUT2D eigenvalue weighted by molar-refractivity contribution is 5.97. The van der Waals surface area contributed by atoms with Crippen LogP contribution in [-0.4, -0.2) is 17.0 Å². The van der Waals surface area contributed by atoms with Gasteiger partial charge in [-0.2, -0.15) is 0 Å². The third kappa shape index (κ3) is 2.61. The Morgan fingerprint density at radius 1 is 0.957 bits per heavy atom. The fraction of sp³-hybridized carbons (Fsp3) is 0.350.